The number of carbonyl (C=O) groups is 1. The van der Waals surface area contributed by atoms with Crippen molar-refractivity contribution >= 4 is 6.09 Å². The van der Waals surface area contributed by atoms with Crippen LogP contribution in [0.1, 0.15) is 12.8 Å². The van der Waals surface area contributed by atoms with Crippen LogP contribution in [0.4, 0.5) is 4.79 Å². The van der Waals surface area contributed by atoms with Gasteiger partial charge in [0.1, 0.15) is 0 Å². The fraction of sp³-hybridized carbons (Fsp3) is 0.400. The largest absolute Gasteiger partial charge is 0.416 e. The van der Waals surface area contributed by atoms with Gasteiger partial charge < -0.3 is 9.64 Å². The highest BCUT2D eigenvalue weighted by molar-refractivity contribution is 5.70. The molecule has 2 heterocycles. The summed E-state index contributed by atoms with van der Waals surface area (Å²) in [5, 5.41) is 0. The fourth-order valence-electron chi connectivity index (χ4n) is 1.46. The molecule has 0 unspecified atom stereocenters. The van der Waals surface area contributed by atoms with Gasteiger partial charge in [-0.05, 0) is 18.9 Å². The summed E-state index contributed by atoms with van der Waals surface area (Å²) in [5.74, 6) is 0.365. The predicted molar refractivity (Wildman–Crippen MR) is 51.1 cm³/mol. The van der Waals surface area contributed by atoms with E-state index in [-0.39, 0.29) is 6.09 Å². The second kappa shape index (κ2) is 4.09. The van der Waals surface area contributed by atoms with Gasteiger partial charge in [-0.3, -0.25) is 0 Å². The number of aromatic nitrogens is 1. The third-order valence-corrected chi connectivity index (χ3v) is 2.19. The second-order valence-electron chi connectivity index (χ2n) is 3.23. The van der Waals surface area contributed by atoms with E-state index in [1.807, 2.05) is 0 Å². The van der Waals surface area contributed by atoms with E-state index >= 15 is 0 Å². The predicted octanol–water partition coefficient (Wildman–Crippen LogP) is 1.68. The second-order valence-corrected chi connectivity index (χ2v) is 3.23. The summed E-state index contributed by atoms with van der Waals surface area (Å²) in [6, 6.07) is 5.25. The van der Waals surface area contributed by atoms with Crippen LogP contribution in [0.2, 0.25) is 0 Å². The molecule has 0 aromatic carbocycles. The van der Waals surface area contributed by atoms with Gasteiger partial charge in [-0.2, -0.15) is 0 Å². The number of nitrogens with zero attached hydrogens (tertiary/aromatic N) is 2. The Morgan fingerprint density at radius 2 is 2.14 bits per heavy atom. The van der Waals surface area contributed by atoms with Gasteiger partial charge in [-0.1, -0.05) is 6.07 Å². The van der Waals surface area contributed by atoms with Gasteiger partial charge in [0.25, 0.3) is 0 Å². The molecule has 0 N–H and O–H groups in total. The molecule has 1 aromatic heterocycles. The smallest absolute Gasteiger partial charge is 0.391 e. The first-order chi connectivity index (χ1) is 6.86. The summed E-state index contributed by atoms with van der Waals surface area (Å²) >= 11 is 0. The molecule has 1 fully saturated rings. The Kier molecular flexibility index (Phi) is 2.62. The van der Waals surface area contributed by atoms with Crippen molar-refractivity contribution in [2.24, 2.45) is 0 Å². The van der Waals surface area contributed by atoms with Gasteiger partial charge >= 0.3 is 6.09 Å². The molecule has 1 aliphatic rings. The Hall–Kier alpha value is -1.58. The van der Waals surface area contributed by atoms with Crippen LogP contribution < -0.4 is 4.74 Å². The molecule has 0 spiro atoms. The van der Waals surface area contributed by atoms with Crippen LogP contribution in [0.15, 0.2) is 24.4 Å². The molecule has 0 atom stereocenters. The molecule has 1 saturated heterocycles. The van der Waals surface area contributed by atoms with E-state index in [0.29, 0.717) is 5.88 Å². The van der Waals surface area contributed by atoms with Gasteiger partial charge in [-0.25, -0.2) is 9.78 Å². The van der Waals surface area contributed by atoms with Gasteiger partial charge in [0.05, 0.1) is 0 Å². The van der Waals surface area contributed by atoms with E-state index in [1.165, 1.54) is 0 Å². The lowest BCUT2D eigenvalue weighted by atomic mass is 10.4. The van der Waals surface area contributed by atoms with Crippen LogP contribution >= 0.6 is 0 Å². The monoisotopic (exact) mass is 192 g/mol. The van der Waals surface area contributed by atoms with Crippen molar-refractivity contribution in [3.63, 3.8) is 0 Å². The molecule has 0 bridgehead atoms. The Morgan fingerprint density at radius 3 is 2.79 bits per heavy atom. The summed E-state index contributed by atoms with van der Waals surface area (Å²) in [7, 11) is 0. The topological polar surface area (TPSA) is 42.4 Å². The molecule has 0 aliphatic carbocycles. The highest BCUT2D eigenvalue weighted by Crippen LogP contribution is 2.11. The number of carbonyl (C=O) groups excluding carboxylic acids is 1. The van der Waals surface area contributed by atoms with Crippen molar-refractivity contribution < 1.29 is 9.53 Å². The lowest BCUT2D eigenvalue weighted by molar-refractivity contribution is 0.161. The first-order valence-corrected chi connectivity index (χ1v) is 4.74. The van der Waals surface area contributed by atoms with Gasteiger partial charge in [0, 0.05) is 25.4 Å². The van der Waals surface area contributed by atoms with Crippen molar-refractivity contribution in [3.05, 3.63) is 24.4 Å². The van der Waals surface area contributed by atoms with E-state index in [1.54, 1.807) is 29.3 Å². The molecule has 0 radical (unpaired) electrons. The normalized spacial score (nSPS) is 15.6. The van der Waals surface area contributed by atoms with Crippen molar-refractivity contribution in [2.45, 2.75) is 12.8 Å². The van der Waals surface area contributed by atoms with Crippen LogP contribution in [0.25, 0.3) is 0 Å². The highest BCUT2D eigenvalue weighted by atomic mass is 16.6. The first-order valence-electron chi connectivity index (χ1n) is 4.74. The van der Waals surface area contributed by atoms with E-state index in [9.17, 15) is 4.79 Å². The molecule has 4 heteroatoms. The minimum absolute atomic E-state index is 0.291. The van der Waals surface area contributed by atoms with Crippen molar-refractivity contribution in [3.8, 4) is 5.88 Å². The molecular weight excluding hydrogens is 180 g/mol. The number of pyridine rings is 1. The van der Waals surface area contributed by atoms with E-state index < -0.39 is 0 Å². The maximum atomic E-state index is 11.5. The third-order valence-electron chi connectivity index (χ3n) is 2.19. The summed E-state index contributed by atoms with van der Waals surface area (Å²) in [5.41, 5.74) is 0. The molecule has 1 aliphatic heterocycles. The van der Waals surface area contributed by atoms with Gasteiger partial charge in [0.15, 0.2) is 0 Å². The number of likely N-dealkylation sites (tertiary alicyclic amines) is 1. The molecule has 2 rings (SSSR count). The fourth-order valence-corrected chi connectivity index (χ4v) is 1.46. The molecule has 1 amide bonds. The quantitative estimate of drug-likeness (QED) is 0.679. The van der Waals surface area contributed by atoms with Crippen LogP contribution in [-0.4, -0.2) is 29.1 Å². The standard InChI is InChI=1S/C10H12N2O2/c13-10(12-7-3-4-8-12)14-9-5-1-2-6-11-9/h1-2,5-6H,3-4,7-8H2. The highest BCUT2D eigenvalue weighted by Gasteiger charge is 2.19. The number of hydrogen-bond donors (Lipinski definition) is 0. The maximum Gasteiger partial charge on any atom is 0.416 e. The molecule has 74 valence electrons. The molecular formula is C10H12N2O2. The Balaban J connectivity index is 1.94. The van der Waals surface area contributed by atoms with Crippen LogP contribution in [0.5, 0.6) is 5.88 Å². The number of rotatable bonds is 1. The average molecular weight is 192 g/mol. The summed E-state index contributed by atoms with van der Waals surface area (Å²) < 4.78 is 5.07. The third kappa shape index (κ3) is 2.02. The van der Waals surface area contributed by atoms with Gasteiger partial charge in [0.2, 0.25) is 5.88 Å². The SMILES string of the molecule is O=C(Oc1ccccn1)N1CCCC1. The molecule has 4 nitrogen and oxygen atoms in total. The zero-order chi connectivity index (χ0) is 9.80. The Morgan fingerprint density at radius 1 is 1.36 bits per heavy atom. The van der Waals surface area contributed by atoms with Crippen LogP contribution in [-0.2, 0) is 0 Å². The Labute approximate surface area is 82.5 Å². The zero-order valence-electron chi connectivity index (χ0n) is 7.85. The average Bonchev–Trinajstić information content (AvgIpc) is 2.72. The minimum Gasteiger partial charge on any atom is -0.391 e. The number of hydrogen-bond acceptors (Lipinski definition) is 3. The van der Waals surface area contributed by atoms with Crippen LogP contribution in [0.3, 0.4) is 0 Å². The van der Waals surface area contributed by atoms with Crippen molar-refractivity contribution in [2.75, 3.05) is 13.1 Å². The molecule has 0 saturated carbocycles. The van der Waals surface area contributed by atoms with Gasteiger partial charge in [-0.15, -0.1) is 0 Å². The van der Waals surface area contributed by atoms with Crippen molar-refractivity contribution in [1.82, 2.24) is 9.88 Å². The summed E-state index contributed by atoms with van der Waals surface area (Å²) in [4.78, 5) is 17.1. The lowest BCUT2D eigenvalue weighted by Gasteiger charge is -2.13. The first kappa shape index (κ1) is 8.99. The summed E-state index contributed by atoms with van der Waals surface area (Å²) in [6.07, 6.45) is 3.45. The molecule has 14 heavy (non-hydrogen) atoms. The molecule has 1 aromatic rings. The minimum atomic E-state index is -0.291. The summed E-state index contributed by atoms with van der Waals surface area (Å²) in [6.45, 7) is 1.59. The lowest BCUT2D eigenvalue weighted by Crippen LogP contribution is -2.30. The van der Waals surface area contributed by atoms with Crippen molar-refractivity contribution in [1.29, 1.82) is 0 Å². The number of amides is 1. The zero-order valence-corrected chi connectivity index (χ0v) is 7.85. The Bertz CT molecular complexity index is 307. The van der Waals surface area contributed by atoms with E-state index in [2.05, 4.69) is 4.98 Å². The number of ether oxygens (including phenoxy) is 1. The van der Waals surface area contributed by atoms with Crippen LogP contribution in [0, 0.1) is 0 Å². The van der Waals surface area contributed by atoms with E-state index in [0.717, 1.165) is 25.9 Å². The van der Waals surface area contributed by atoms with E-state index in [4.69, 9.17) is 4.74 Å². The maximum absolute atomic E-state index is 11.5.